The SMILES string of the molecule is Cc1cccc2c1N(C(=O)C1NCC3CCCC31)CCC2. The number of amides is 1. The smallest absolute Gasteiger partial charge is 0.244 e. The van der Waals surface area contributed by atoms with Gasteiger partial charge in [0, 0.05) is 12.2 Å². The molecule has 1 amide bonds. The van der Waals surface area contributed by atoms with Gasteiger partial charge in [-0.05, 0) is 62.1 Å². The van der Waals surface area contributed by atoms with Crippen LogP contribution in [0, 0.1) is 18.8 Å². The molecule has 0 spiro atoms. The van der Waals surface area contributed by atoms with E-state index in [1.54, 1.807) is 0 Å². The van der Waals surface area contributed by atoms with Gasteiger partial charge in [-0.2, -0.15) is 0 Å². The summed E-state index contributed by atoms with van der Waals surface area (Å²) >= 11 is 0. The minimum absolute atomic E-state index is 0.0584. The van der Waals surface area contributed by atoms with Gasteiger partial charge in [-0.1, -0.05) is 24.6 Å². The van der Waals surface area contributed by atoms with Crippen LogP contribution < -0.4 is 10.2 Å². The third kappa shape index (κ3) is 2.10. The third-order valence-corrected chi connectivity index (χ3v) is 5.70. The van der Waals surface area contributed by atoms with Crippen molar-refractivity contribution in [1.82, 2.24) is 5.32 Å². The Morgan fingerprint density at radius 3 is 3.10 bits per heavy atom. The second kappa shape index (κ2) is 5.13. The molecule has 3 aliphatic rings. The Balaban J connectivity index is 1.64. The summed E-state index contributed by atoms with van der Waals surface area (Å²) in [5.74, 6) is 1.63. The predicted octanol–water partition coefficient (Wildman–Crippen LogP) is 2.66. The molecule has 0 aromatic heterocycles. The molecule has 1 aromatic rings. The lowest BCUT2D eigenvalue weighted by molar-refractivity contribution is -0.121. The Labute approximate surface area is 126 Å². The van der Waals surface area contributed by atoms with Gasteiger partial charge >= 0.3 is 0 Å². The summed E-state index contributed by atoms with van der Waals surface area (Å²) in [6.45, 7) is 4.05. The van der Waals surface area contributed by atoms with Gasteiger partial charge in [0.25, 0.3) is 0 Å². The largest absolute Gasteiger partial charge is 0.311 e. The van der Waals surface area contributed by atoms with Crippen molar-refractivity contribution in [2.45, 2.75) is 45.1 Å². The highest BCUT2D eigenvalue weighted by Crippen LogP contribution is 2.39. The molecule has 2 heterocycles. The van der Waals surface area contributed by atoms with Gasteiger partial charge in [0.2, 0.25) is 5.91 Å². The molecule has 112 valence electrons. The normalized spacial score (nSPS) is 31.1. The van der Waals surface area contributed by atoms with Crippen LogP contribution in [0.5, 0.6) is 0 Å². The molecule has 4 rings (SSSR count). The van der Waals surface area contributed by atoms with Crippen molar-refractivity contribution in [3.63, 3.8) is 0 Å². The molecule has 1 aliphatic carbocycles. The van der Waals surface area contributed by atoms with Crippen molar-refractivity contribution in [2.75, 3.05) is 18.0 Å². The average Bonchev–Trinajstić information content (AvgIpc) is 3.09. The average molecular weight is 284 g/mol. The zero-order chi connectivity index (χ0) is 14.4. The molecule has 3 heteroatoms. The highest BCUT2D eigenvalue weighted by atomic mass is 16.2. The lowest BCUT2D eigenvalue weighted by Gasteiger charge is -2.34. The molecular formula is C18H24N2O. The Hall–Kier alpha value is -1.35. The van der Waals surface area contributed by atoms with Crippen molar-refractivity contribution in [3.05, 3.63) is 29.3 Å². The Bertz CT molecular complexity index is 568. The van der Waals surface area contributed by atoms with Gasteiger partial charge in [0.1, 0.15) is 0 Å². The van der Waals surface area contributed by atoms with E-state index < -0.39 is 0 Å². The first-order chi connectivity index (χ1) is 10.3. The third-order valence-electron chi connectivity index (χ3n) is 5.70. The zero-order valence-corrected chi connectivity index (χ0v) is 12.8. The summed E-state index contributed by atoms with van der Waals surface area (Å²) in [4.78, 5) is 15.2. The van der Waals surface area contributed by atoms with Crippen LogP contribution in [0.2, 0.25) is 0 Å². The van der Waals surface area contributed by atoms with Crippen molar-refractivity contribution in [2.24, 2.45) is 11.8 Å². The second-order valence-corrected chi connectivity index (χ2v) is 6.92. The molecule has 3 unspecified atom stereocenters. The number of hydrogen-bond donors (Lipinski definition) is 1. The Morgan fingerprint density at radius 2 is 2.19 bits per heavy atom. The molecule has 0 radical (unpaired) electrons. The van der Waals surface area contributed by atoms with Gasteiger partial charge in [0.05, 0.1) is 6.04 Å². The molecule has 3 nitrogen and oxygen atoms in total. The maximum absolute atomic E-state index is 13.1. The van der Waals surface area contributed by atoms with Gasteiger partial charge in [0.15, 0.2) is 0 Å². The molecule has 2 aliphatic heterocycles. The van der Waals surface area contributed by atoms with E-state index in [1.165, 1.54) is 36.1 Å². The van der Waals surface area contributed by atoms with Crippen LogP contribution in [0.25, 0.3) is 0 Å². The number of carbonyl (C=O) groups is 1. The summed E-state index contributed by atoms with van der Waals surface area (Å²) in [5, 5.41) is 3.51. The van der Waals surface area contributed by atoms with Gasteiger partial charge in [-0.3, -0.25) is 4.79 Å². The van der Waals surface area contributed by atoms with Crippen LogP contribution in [0.15, 0.2) is 18.2 Å². The van der Waals surface area contributed by atoms with E-state index in [-0.39, 0.29) is 6.04 Å². The quantitative estimate of drug-likeness (QED) is 0.860. The maximum atomic E-state index is 13.1. The standard InChI is InChI=1S/C18H24N2O/c1-12-5-2-6-13-8-4-10-20(17(12)13)18(21)16-15-9-3-7-14(15)11-19-16/h2,5-6,14-16,19H,3-4,7-11H2,1H3. The number of nitrogens with zero attached hydrogens (tertiary/aromatic N) is 1. The number of para-hydroxylation sites is 1. The number of carbonyl (C=O) groups excluding carboxylic acids is 1. The van der Waals surface area contributed by atoms with E-state index >= 15 is 0 Å². The van der Waals surface area contributed by atoms with Crippen LogP contribution in [0.1, 0.15) is 36.8 Å². The molecule has 21 heavy (non-hydrogen) atoms. The number of rotatable bonds is 1. The minimum Gasteiger partial charge on any atom is -0.311 e. The monoisotopic (exact) mass is 284 g/mol. The predicted molar refractivity (Wildman–Crippen MR) is 84.5 cm³/mol. The first-order valence-electron chi connectivity index (χ1n) is 8.39. The van der Waals surface area contributed by atoms with E-state index in [0.29, 0.717) is 11.8 Å². The van der Waals surface area contributed by atoms with Crippen LogP contribution in [0.4, 0.5) is 5.69 Å². The van der Waals surface area contributed by atoms with Crippen molar-refractivity contribution < 1.29 is 4.79 Å². The van der Waals surface area contributed by atoms with Crippen molar-refractivity contribution in [3.8, 4) is 0 Å². The summed E-state index contributed by atoms with van der Waals surface area (Å²) in [6.07, 6.45) is 6.02. The fourth-order valence-corrected chi connectivity index (χ4v) is 4.69. The lowest BCUT2D eigenvalue weighted by Crippen LogP contribution is -2.48. The highest BCUT2D eigenvalue weighted by Gasteiger charge is 2.44. The van der Waals surface area contributed by atoms with Crippen LogP contribution in [0.3, 0.4) is 0 Å². The number of aryl methyl sites for hydroxylation is 2. The van der Waals surface area contributed by atoms with E-state index in [2.05, 4.69) is 35.3 Å². The van der Waals surface area contributed by atoms with E-state index in [0.717, 1.165) is 31.8 Å². The molecule has 0 bridgehead atoms. The van der Waals surface area contributed by atoms with Crippen LogP contribution in [-0.4, -0.2) is 25.0 Å². The van der Waals surface area contributed by atoms with Crippen molar-refractivity contribution in [1.29, 1.82) is 0 Å². The van der Waals surface area contributed by atoms with Crippen LogP contribution in [-0.2, 0) is 11.2 Å². The molecule has 3 atom stereocenters. The highest BCUT2D eigenvalue weighted by molar-refractivity contribution is 5.99. The number of anilines is 1. The summed E-state index contributed by atoms with van der Waals surface area (Å²) in [7, 11) is 0. The molecule has 1 aromatic carbocycles. The van der Waals surface area contributed by atoms with E-state index in [4.69, 9.17) is 0 Å². The Kier molecular flexibility index (Phi) is 3.26. The van der Waals surface area contributed by atoms with Gasteiger partial charge < -0.3 is 10.2 Å². The van der Waals surface area contributed by atoms with Crippen molar-refractivity contribution >= 4 is 11.6 Å². The number of fused-ring (bicyclic) bond motifs is 2. The molecule has 1 saturated heterocycles. The van der Waals surface area contributed by atoms with Gasteiger partial charge in [-0.25, -0.2) is 0 Å². The molecule has 2 fully saturated rings. The molecular weight excluding hydrogens is 260 g/mol. The summed E-state index contributed by atoms with van der Waals surface area (Å²) in [6, 6.07) is 6.49. The number of nitrogens with one attached hydrogen (secondary N) is 1. The number of benzene rings is 1. The first-order valence-corrected chi connectivity index (χ1v) is 8.39. The van der Waals surface area contributed by atoms with Crippen LogP contribution >= 0.6 is 0 Å². The zero-order valence-electron chi connectivity index (χ0n) is 12.8. The summed E-state index contributed by atoms with van der Waals surface area (Å²) < 4.78 is 0. The molecule has 1 N–H and O–H groups in total. The first kappa shape index (κ1) is 13.3. The fourth-order valence-electron chi connectivity index (χ4n) is 4.69. The second-order valence-electron chi connectivity index (χ2n) is 6.92. The van der Waals surface area contributed by atoms with E-state index in [9.17, 15) is 4.79 Å². The van der Waals surface area contributed by atoms with E-state index in [1.807, 2.05) is 0 Å². The fraction of sp³-hybridized carbons (Fsp3) is 0.611. The summed E-state index contributed by atoms with van der Waals surface area (Å²) in [5.41, 5.74) is 3.77. The topological polar surface area (TPSA) is 32.3 Å². The van der Waals surface area contributed by atoms with Gasteiger partial charge in [-0.15, -0.1) is 0 Å². The lowest BCUT2D eigenvalue weighted by atomic mass is 9.91. The Morgan fingerprint density at radius 1 is 1.29 bits per heavy atom. The minimum atomic E-state index is 0.0584. The molecule has 1 saturated carbocycles. The maximum Gasteiger partial charge on any atom is 0.244 e. The number of hydrogen-bond acceptors (Lipinski definition) is 2.